The largest absolute Gasteiger partial charge is 0.508 e. The first kappa shape index (κ1) is 31.6. The number of phenolic OH excluding ortho intramolecular Hbond substituents is 1. The summed E-state index contributed by atoms with van der Waals surface area (Å²) in [6, 6.07) is 24.9. The fourth-order valence-corrected chi connectivity index (χ4v) is 7.44. The van der Waals surface area contributed by atoms with Crippen LogP contribution in [0.3, 0.4) is 0 Å². The fraction of sp³-hybridized carbons (Fsp3) is 0.118. The van der Waals surface area contributed by atoms with Crippen molar-refractivity contribution in [3.63, 3.8) is 0 Å². The molecule has 1 atom stereocenters. The summed E-state index contributed by atoms with van der Waals surface area (Å²) < 4.78 is 6.44. The number of ketones is 1. The topological polar surface area (TPSA) is 113 Å². The van der Waals surface area contributed by atoms with E-state index >= 15 is 0 Å². The molecule has 1 amide bonds. The van der Waals surface area contributed by atoms with Gasteiger partial charge in [-0.2, -0.15) is 0 Å². The number of aliphatic hydroxyl groups excluding tert-OH is 1. The quantitative estimate of drug-likeness (QED) is 0.0522. The number of carbonyl (C=O) groups is 2. The standard InChI is InChI=1S/C34H25Cl2N3O5S2/c1-19-4-2-5-20(14-19)17-44-26-12-9-21(10-13-26)30(41)28-29(22-6-3-7-25(40)15-22)39(32(43)31(28)42)33-37-38-34(46-33)45-18-23-8-11-24(35)16-27(23)36/h2-16,29,40-41H,17-18H2,1H3/b30-28+. The van der Waals surface area contributed by atoms with E-state index in [-0.39, 0.29) is 22.2 Å². The number of aliphatic hydroxyl groups is 1. The van der Waals surface area contributed by atoms with Gasteiger partial charge in [-0.15, -0.1) is 10.2 Å². The maximum absolute atomic E-state index is 13.5. The monoisotopic (exact) mass is 689 g/mol. The number of ether oxygens (including phenoxy) is 1. The second-order valence-corrected chi connectivity index (χ2v) is 13.5. The van der Waals surface area contributed by atoms with Crippen LogP contribution in [0.15, 0.2) is 101 Å². The fourth-order valence-electron chi connectivity index (χ4n) is 5.01. The van der Waals surface area contributed by atoms with Gasteiger partial charge >= 0.3 is 5.91 Å². The Bertz CT molecular complexity index is 1980. The number of phenols is 1. The number of Topliss-reactive ketones (excluding diaryl/α,β-unsaturated/α-hetero) is 1. The van der Waals surface area contributed by atoms with E-state index < -0.39 is 17.7 Å². The van der Waals surface area contributed by atoms with Crippen LogP contribution in [0.4, 0.5) is 5.13 Å². The summed E-state index contributed by atoms with van der Waals surface area (Å²) in [6.07, 6.45) is 0. The predicted octanol–water partition coefficient (Wildman–Crippen LogP) is 8.36. The summed E-state index contributed by atoms with van der Waals surface area (Å²) in [7, 11) is 0. The van der Waals surface area contributed by atoms with E-state index in [1.807, 2.05) is 37.3 Å². The third kappa shape index (κ3) is 6.75. The van der Waals surface area contributed by atoms with Gasteiger partial charge in [-0.3, -0.25) is 14.5 Å². The average molecular weight is 691 g/mol. The molecular weight excluding hydrogens is 665 g/mol. The summed E-state index contributed by atoms with van der Waals surface area (Å²) in [6.45, 7) is 2.38. The second kappa shape index (κ2) is 13.6. The number of amides is 1. The Morgan fingerprint density at radius 2 is 1.76 bits per heavy atom. The van der Waals surface area contributed by atoms with Gasteiger partial charge in [0.2, 0.25) is 5.13 Å². The van der Waals surface area contributed by atoms with Crippen LogP contribution in [-0.4, -0.2) is 32.1 Å². The number of carbonyl (C=O) groups excluding carboxylic acids is 2. The number of aryl methyl sites for hydroxylation is 1. The Kier molecular flexibility index (Phi) is 9.32. The van der Waals surface area contributed by atoms with Crippen LogP contribution in [0.5, 0.6) is 11.5 Å². The second-order valence-electron chi connectivity index (χ2n) is 10.4. The summed E-state index contributed by atoms with van der Waals surface area (Å²) in [5, 5.41) is 31.4. The molecule has 0 spiro atoms. The molecule has 1 aliphatic heterocycles. The van der Waals surface area contributed by atoms with Crippen molar-refractivity contribution >= 4 is 68.9 Å². The van der Waals surface area contributed by atoms with Crippen molar-refractivity contribution < 1.29 is 24.5 Å². The maximum Gasteiger partial charge on any atom is 0.301 e. The summed E-state index contributed by atoms with van der Waals surface area (Å²) in [4.78, 5) is 28.3. The molecule has 1 aromatic heterocycles. The lowest BCUT2D eigenvalue weighted by molar-refractivity contribution is -0.132. The molecule has 6 rings (SSSR count). The zero-order chi connectivity index (χ0) is 32.4. The van der Waals surface area contributed by atoms with Crippen molar-refractivity contribution in [1.82, 2.24) is 10.2 Å². The highest BCUT2D eigenvalue weighted by atomic mass is 35.5. The average Bonchev–Trinajstić information content (AvgIpc) is 3.61. The molecule has 4 aromatic carbocycles. The molecule has 0 radical (unpaired) electrons. The van der Waals surface area contributed by atoms with E-state index in [4.69, 9.17) is 27.9 Å². The number of hydrogen-bond acceptors (Lipinski definition) is 9. The van der Waals surface area contributed by atoms with Crippen molar-refractivity contribution in [2.24, 2.45) is 0 Å². The van der Waals surface area contributed by atoms with Crippen LogP contribution >= 0.6 is 46.3 Å². The highest BCUT2D eigenvalue weighted by molar-refractivity contribution is 8.00. The zero-order valence-electron chi connectivity index (χ0n) is 24.2. The summed E-state index contributed by atoms with van der Waals surface area (Å²) in [5.74, 6) is -1.14. The van der Waals surface area contributed by atoms with Crippen molar-refractivity contribution in [1.29, 1.82) is 0 Å². The lowest BCUT2D eigenvalue weighted by Gasteiger charge is -2.22. The molecule has 12 heteroatoms. The van der Waals surface area contributed by atoms with E-state index in [9.17, 15) is 19.8 Å². The van der Waals surface area contributed by atoms with E-state index in [0.29, 0.717) is 43.6 Å². The van der Waals surface area contributed by atoms with Crippen molar-refractivity contribution in [3.8, 4) is 11.5 Å². The van der Waals surface area contributed by atoms with Crippen molar-refractivity contribution in [2.75, 3.05) is 4.90 Å². The van der Waals surface area contributed by atoms with Gasteiger partial charge in [-0.25, -0.2) is 0 Å². The Labute approximate surface area is 282 Å². The Hall–Kier alpha value is -4.35. The molecule has 2 N–H and O–H groups in total. The van der Waals surface area contributed by atoms with Gasteiger partial charge < -0.3 is 14.9 Å². The molecule has 0 bridgehead atoms. The minimum atomic E-state index is -1.07. The normalized spacial score (nSPS) is 15.8. The number of halogens is 2. The third-order valence-electron chi connectivity index (χ3n) is 7.21. The van der Waals surface area contributed by atoms with Crippen molar-refractivity contribution in [3.05, 3.63) is 134 Å². The molecular formula is C34H25Cl2N3O5S2. The van der Waals surface area contributed by atoms with Crippen LogP contribution < -0.4 is 9.64 Å². The Morgan fingerprint density at radius 1 is 0.978 bits per heavy atom. The van der Waals surface area contributed by atoms with Gasteiger partial charge in [-0.1, -0.05) is 94.3 Å². The van der Waals surface area contributed by atoms with Gasteiger partial charge in [0.25, 0.3) is 5.78 Å². The number of rotatable bonds is 9. The first-order chi connectivity index (χ1) is 22.2. The number of thioether (sulfide) groups is 1. The van der Waals surface area contributed by atoms with Crippen LogP contribution in [0, 0.1) is 6.92 Å². The SMILES string of the molecule is Cc1cccc(COc2ccc(/C(O)=C3\C(=O)C(=O)N(c4nnc(SCc5ccc(Cl)cc5Cl)s4)C3c3cccc(O)c3)cc2)c1. The molecule has 0 aliphatic carbocycles. The minimum absolute atomic E-state index is 0.0634. The first-order valence-corrected chi connectivity index (χ1v) is 16.5. The smallest absolute Gasteiger partial charge is 0.301 e. The maximum atomic E-state index is 13.5. The molecule has 2 heterocycles. The zero-order valence-corrected chi connectivity index (χ0v) is 27.3. The summed E-state index contributed by atoms with van der Waals surface area (Å²) >= 11 is 14.8. The lowest BCUT2D eigenvalue weighted by atomic mass is 9.95. The highest BCUT2D eigenvalue weighted by Crippen LogP contribution is 2.44. The molecule has 5 aromatic rings. The van der Waals surface area contributed by atoms with Gasteiger partial charge in [0.1, 0.15) is 23.9 Å². The van der Waals surface area contributed by atoms with Crippen molar-refractivity contribution in [2.45, 2.75) is 29.7 Å². The van der Waals surface area contributed by atoms with Crippen LogP contribution in [-0.2, 0) is 21.9 Å². The molecule has 1 fully saturated rings. The molecule has 232 valence electrons. The number of hydrogen-bond donors (Lipinski definition) is 2. The first-order valence-electron chi connectivity index (χ1n) is 14.0. The number of nitrogens with zero attached hydrogens (tertiary/aromatic N) is 3. The molecule has 1 saturated heterocycles. The number of aromatic hydroxyl groups is 1. The van der Waals surface area contributed by atoms with Crippen LogP contribution in [0.1, 0.15) is 33.9 Å². The number of anilines is 1. The van der Waals surface area contributed by atoms with E-state index in [2.05, 4.69) is 10.2 Å². The van der Waals surface area contributed by atoms with E-state index in [1.54, 1.807) is 48.5 Å². The number of benzene rings is 4. The van der Waals surface area contributed by atoms with E-state index in [1.165, 1.54) is 28.8 Å². The van der Waals surface area contributed by atoms with Gasteiger partial charge in [0, 0.05) is 21.4 Å². The lowest BCUT2D eigenvalue weighted by Crippen LogP contribution is -2.29. The van der Waals surface area contributed by atoms with Crippen LogP contribution in [0.2, 0.25) is 10.0 Å². The van der Waals surface area contributed by atoms with Crippen LogP contribution in [0.25, 0.3) is 5.76 Å². The van der Waals surface area contributed by atoms with Gasteiger partial charge in [-0.05, 0) is 72.1 Å². The molecule has 0 saturated carbocycles. The highest BCUT2D eigenvalue weighted by Gasteiger charge is 2.48. The number of aromatic nitrogens is 2. The Balaban J connectivity index is 1.29. The summed E-state index contributed by atoms with van der Waals surface area (Å²) in [5.41, 5.74) is 3.59. The molecule has 1 unspecified atom stereocenters. The van der Waals surface area contributed by atoms with Gasteiger partial charge in [0.05, 0.1) is 11.6 Å². The third-order valence-corrected chi connectivity index (χ3v) is 9.91. The van der Waals surface area contributed by atoms with E-state index in [0.717, 1.165) is 28.0 Å². The molecule has 1 aliphatic rings. The van der Waals surface area contributed by atoms with Gasteiger partial charge in [0.15, 0.2) is 4.34 Å². The minimum Gasteiger partial charge on any atom is -0.508 e. The molecule has 46 heavy (non-hydrogen) atoms. The molecule has 8 nitrogen and oxygen atoms in total. The predicted molar refractivity (Wildman–Crippen MR) is 181 cm³/mol. The Morgan fingerprint density at radius 3 is 2.50 bits per heavy atom.